The lowest BCUT2D eigenvalue weighted by Crippen LogP contribution is -2.38. The third-order valence-corrected chi connectivity index (χ3v) is 5.57. The van der Waals surface area contributed by atoms with E-state index in [9.17, 15) is 16.8 Å². The van der Waals surface area contributed by atoms with Crippen molar-refractivity contribution >= 4 is 55.6 Å². The van der Waals surface area contributed by atoms with Crippen molar-refractivity contribution in [2.75, 3.05) is 47.4 Å². The molecule has 1 heterocycles. The van der Waals surface area contributed by atoms with Crippen LogP contribution in [0.15, 0.2) is 23.1 Å². The molecule has 0 saturated carbocycles. The predicted octanol–water partition coefficient (Wildman–Crippen LogP) is 1.32. The Morgan fingerprint density at radius 1 is 1.19 bits per heavy atom. The van der Waals surface area contributed by atoms with Gasteiger partial charge in [0.05, 0.1) is 30.9 Å². The number of sulfonamides is 2. The Bertz CT molecular complexity index is 796. The Labute approximate surface area is 165 Å². The molecule has 1 fully saturated rings. The highest BCUT2D eigenvalue weighted by Crippen LogP contribution is 2.32. The van der Waals surface area contributed by atoms with E-state index in [1.165, 1.54) is 17.8 Å². The van der Waals surface area contributed by atoms with Gasteiger partial charge in [-0.3, -0.25) is 9.44 Å². The van der Waals surface area contributed by atoms with Crippen LogP contribution in [-0.2, 0) is 24.8 Å². The highest BCUT2D eigenvalue weighted by atomic mass is 35.5. The van der Waals surface area contributed by atoms with Crippen LogP contribution >= 0.6 is 24.2 Å². The Morgan fingerprint density at radius 3 is 2.46 bits per heavy atom. The van der Waals surface area contributed by atoms with Gasteiger partial charge in [0.2, 0.25) is 20.0 Å². The minimum absolute atomic E-state index is 0. The minimum Gasteiger partial charge on any atom is -0.376 e. The third-order valence-electron chi connectivity index (χ3n) is 3.28. The maximum Gasteiger partial charge on any atom is 0.229 e. The van der Waals surface area contributed by atoms with E-state index in [4.69, 9.17) is 4.74 Å². The van der Waals surface area contributed by atoms with E-state index in [-0.39, 0.29) is 18.5 Å². The number of rotatable bonds is 8. The van der Waals surface area contributed by atoms with Gasteiger partial charge in [-0.1, -0.05) is 0 Å². The summed E-state index contributed by atoms with van der Waals surface area (Å²) in [4.78, 5) is 0.655. The number of nitrogens with one attached hydrogen (secondary N) is 3. The van der Waals surface area contributed by atoms with E-state index >= 15 is 0 Å². The van der Waals surface area contributed by atoms with E-state index < -0.39 is 20.0 Å². The molecule has 3 N–H and O–H groups in total. The smallest absolute Gasteiger partial charge is 0.229 e. The van der Waals surface area contributed by atoms with Crippen LogP contribution in [-0.4, -0.2) is 60.9 Å². The van der Waals surface area contributed by atoms with Crippen molar-refractivity contribution in [2.45, 2.75) is 17.4 Å². The summed E-state index contributed by atoms with van der Waals surface area (Å²) in [7, 11) is -6.84. The Hall–Kier alpha value is -0.720. The van der Waals surface area contributed by atoms with Crippen molar-refractivity contribution in [3.8, 4) is 0 Å². The number of thioether (sulfide) groups is 1. The summed E-state index contributed by atoms with van der Waals surface area (Å²) in [5.74, 6) is 0.715. The normalized spacial score (nSPS) is 18.0. The minimum atomic E-state index is -3.43. The second-order valence-corrected chi connectivity index (χ2v) is 10.4. The Balaban J connectivity index is 0.00000338. The molecule has 1 saturated heterocycles. The predicted molar refractivity (Wildman–Crippen MR) is 109 cm³/mol. The monoisotopic (exact) mass is 445 g/mol. The number of hydrogen-bond acceptors (Lipinski definition) is 7. The van der Waals surface area contributed by atoms with E-state index in [1.807, 2.05) is 0 Å². The van der Waals surface area contributed by atoms with Gasteiger partial charge in [0, 0.05) is 29.4 Å². The van der Waals surface area contributed by atoms with Crippen LogP contribution in [0.4, 0.5) is 11.4 Å². The molecule has 1 aliphatic rings. The summed E-state index contributed by atoms with van der Waals surface area (Å²) in [5.41, 5.74) is 0.814. The van der Waals surface area contributed by atoms with Gasteiger partial charge in [-0.15, -0.1) is 24.2 Å². The standard InChI is InChI=1S/C14H23N3O5S3.ClH/c1-24(18,19)16-11-3-4-13(17-25(2,20)21)14(9-11)23-8-5-12-10-15-6-7-22-12;/h3-4,9,12,15-17H,5-8,10H2,1-2H3;1H. The van der Waals surface area contributed by atoms with Gasteiger partial charge in [0.25, 0.3) is 0 Å². The molecule has 0 bridgehead atoms. The third kappa shape index (κ3) is 8.78. The van der Waals surface area contributed by atoms with Crippen molar-refractivity contribution in [1.82, 2.24) is 5.32 Å². The average molecular weight is 446 g/mol. The van der Waals surface area contributed by atoms with Gasteiger partial charge >= 0.3 is 0 Å². The SMILES string of the molecule is CS(=O)(=O)Nc1ccc(NS(C)(=O)=O)c(SCCC2CNCCO2)c1.Cl. The molecule has 2 rings (SSSR count). The number of ether oxygens (including phenoxy) is 1. The molecule has 8 nitrogen and oxygen atoms in total. The van der Waals surface area contributed by atoms with Crippen LogP contribution in [0.5, 0.6) is 0 Å². The molecule has 0 spiro atoms. The summed E-state index contributed by atoms with van der Waals surface area (Å²) in [6.45, 7) is 2.33. The molecule has 0 radical (unpaired) electrons. The van der Waals surface area contributed by atoms with Crippen LogP contribution in [0.2, 0.25) is 0 Å². The molecular weight excluding hydrogens is 422 g/mol. The molecule has 1 atom stereocenters. The molecule has 0 amide bonds. The van der Waals surface area contributed by atoms with Crippen molar-refractivity contribution in [1.29, 1.82) is 0 Å². The molecule has 150 valence electrons. The van der Waals surface area contributed by atoms with Crippen LogP contribution in [0.1, 0.15) is 6.42 Å². The summed E-state index contributed by atoms with van der Waals surface area (Å²) in [5, 5.41) is 3.26. The second-order valence-electron chi connectivity index (χ2n) is 5.79. The molecule has 0 aromatic heterocycles. The fourth-order valence-corrected chi connectivity index (χ4v) is 4.59. The summed E-state index contributed by atoms with van der Waals surface area (Å²) in [6, 6.07) is 4.70. The molecule has 1 unspecified atom stereocenters. The first kappa shape index (κ1) is 23.3. The van der Waals surface area contributed by atoms with E-state index in [2.05, 4.69) is 14.8 Å². The van der Waals surface area contributed by atoms with Gasteiger partial charge in [0.1, 0.15) is 0 Å². The summed E-state index contributed by atoms with van der Waals surface area (Å²) < 4.78 is 56.3. The van der Waals surface area contributed by atoms with Crippen LogP contribution in [0, 0.1) is 0 Å². The van der Waals surface area contributed by atoms with Crippen LogP contribution in [0.3, 0.4) is 0 Å². The fraction of sp³-hybridized carbons (Fsp3) is 0.571. The average Bonchev–Trinajstić information content (AvgIpc) is 2.48. The van der Waals surface area contributed by atoms with Crippen LogP contribution < -0.4 is 14.8 Å². The van der Waals surface area contributed by atoms with Crippen molar-refractivity contribution in [3.63, 3.8) is 0 Å². The molecule has 1 aromatic rings. The van der Waals surface area contributed by atoms with E-state index in [0.29, 0.717) is 28.6 Å². The van der Waals surface area contributed by atoms with Gasteiger partial charge in [-0.25, -0.2) is 16.8 Å². The number of benzene rings is 1. The topological polar surface area (TPSA) is 114 Å². The summed E-state index contributed by atoms with van der Waals surface area (Å²) in [6.07, 6.45) is 3.08. The Kier molecular flexibility index (Phi) is 8.97. The first-order valence-electron chi connectivity index (χ1n) is 7.67. The quantitative estimate of drug-likeness (QED) is 0.517. The second kappa shape index (κ2) is 10.00. The zero-order valence-corrected chi connectivity index (χ0v) is 17.8. The molecule has 0 aliphatic carbocycles. The van der Waals surface area contributed by atoms with E-state index in [1.54, 1.807) is 12.1 Å². The molecule has 1 aromatic carbocycles. The van der Waals surface area contributed by atoms with E-state index in [0.717, 1.165) is 32.0 Å². The van der Waals surface area contributed by atoms with Crippen molar-refractivity contribution in [3.05, 3.63) is 18.2 Å². The maximum atomic E-state index is 11.5. The maximum absolute atomic E-state index is 11.5. The first-order chi connectivity index (χ1) is 11.6. The van der Waals surface area contributed by atoms with Gasteiger partial charge in [-0.2, -0.15) is 0 Å². The number of morpholine rings is 1. The number of anilines is 2. The zero-order chi connectivity index (χ0) is 18.5. The fourth-order valence-electron chi connectivity index (χ4n) is 2.31. The lowest BCUT2D eigenvalue weighted by atomic mass is 10.2. The van der Waals surface area contributed by atoms with Crippen molar-refractivity contribution in [2.24, 2.45) is 0 Å². The first-order valence-corrected chi connectivity index (χ1v) is 12.4. The molecule has 26 heavy (non-hydrogen) atoms. The van der Waals surface area contributed by atoms with Gasteiger partial charge < -0.3 is 10.1 Å². The lowest BCUT2D eigenvalue weighted by Gasteiger charge is -2.23. The molecular formula is C14H24ClN3O5S3. The lowest BCUT2D eigenvalue weighted by molar-refractivity contribution is 0.0274. The Morgan fingerprint density at radius 2 is 1.88 bits per heavy atom. The zero-order valence-electron chi connectivity index (χ0n) is 14.5. The van der Waals surface area contributed by atoms with Crippen LogP contribution in [0.25, 0.3) is 0 Å². The highest BCUT2D eigenvalue weighted by Gasteiger charge is 2.15. The van der Waals surface area contributed by atoms with Gasteiger partial charge in [-0.05, 0) is 24.6 Å². The largest absolute Gasteiger partial charge is 0.376 e. The number of halogens is 1. The van der Waals surface area contributed by atoms with Gasteiger partial charge in [0.15, 0.2) is 0 Å². The van der Waals surface area contributed by atoms with Crippen molar-refractivity contribution < 1.29 is 21.6 Å². The molecule has 12 heteroatoms. The highest BCUT2D eigenvalue weighted by molar-refractivity contribution is 7.99. The summed E-state index contributed by atoms with van der Waals surface area (Å²) >= 11 is 1.45. The number of hydrogen-bond donors (Lipinski definition) is 3. The molecule has 1 aliphatic heterocycles.